The summed E-state index contributed by atoms with van der Waals surface area (Å²) >= 11 is 3.44. The highest BCUT2D eigenvalue weighted by Crippen LogP contribution is 2.21. The first-order chi connectivity index (χ1) is 8.56. The van der Waals surface area contributed by atoms with Gasteiger partial charge in [0.2, 0.25) is 0 Å². The molecule has 0 bridgehead atoms. The molecule has 1 amide bonds. The highest BCUT2D eigenvalue weighted by atomic mass is 79.9. The summed E-state index contributed by atoms with van der Waals surface area (Å²) in [6.07, 6.45) is 3.97. The molecular formula is C14H19BrN2O. The van der Waals surface area contributed by atoms with Gasteiger partial charge >= 0.3 is 0 Å². The lowest BCUT2D eigenvalue weighted by atomic mass is 9.91. The summed E-state index contributed by atoms with van der Waals surface area (Å²) < 4.78 is 0.854. The molecule has 0 saturated heterocycles. The summed E-state index contributed by atoms with van der Waals surface area (Å²) in [5.74, 6) is 0.00217. The molecule has 0 aromatic heterocycles. The molecule has 1 aliphatic carbocycles. The van der Waals surface area contributed by atoms with E-state index in [1.165, 1.54) is 0 Å². The lowest BCUT2D eigenvalue weighted by Crippen LogP contribution is -2.40. The zero-order valence-corrected chi connectivity index (χ0v) is 12.2. The van der Waals surface area contributed by atoms with Crippen LogP contribution < -0.4 is 11.1 Å². The summed E-state index contributed by atoms with van der Waals surface area (Å²) in [4.78, 5) is 12.2. The number of amides is 1. The quantitative estimate of drug-likeness (QED) is 0.882. The summed E-state index contributed by atoms with van der Waals surface area (Å²) in [5.41, 5.74) is 7.70. The second-order valence-electron chi connectivity index (χ2n) is 5.07. The molecule has 0 radical (unpaired) electrons. The van der Waals surface area contributed by atoms with E-state index in [9.17, 15) is 4.79 Å². The molecule has 0 aliphatic heterocycles. The Morgan fingerprint density at radius 1 is 1.33 bits per heavy atom. The molecule has 0 heterocycles. The van der Waals surface area contributed by atoms with E-state index in [2.05, 4.69) is 21.2 Å². The Morgan fingerprint density at radius 3 is 2.61 bits per heavy atom. The molecule has 0 spiro atoms. The molecule has 1 aliphatic rings. The van der Waals surface area contributed by atoms with Crippen LogP contribution in [0.4, 0.5) is 0 Å². The number of benzene rings is 1. The Balaban J connectivity index is 1.99. The molecule has 4 heteroatoms. The summed E-state index contributed by atoms with van der Waals surface area (Å²) in [6, 6.07) is 6.36. The molecule has 2 rings (SSSR count). The molecule has 1 aromatic carbocycles. The average Bonchev–Trinajstić information content (AvgIpc) is 2.32. The van der Waals surface area contributed by atoms with Gasteiger partial charge in [0.25, 0.3) is 5.91 Å². The molecular weight excluding hydrogens is 292 g/mol. The standard InChI is InChI=1S/C14H19BrN2O/c1-9-2-7-12(13(15)8-9)14(18)17-11-5-3-10(16)4-6-11/h2,7-8,10-11H,3-6,16H2,1H3,(H,17,18). The van der Waals surface area contributed by atoms with E-state index >= 15 is 0 Å². The maximum atomic E-state index is 12.2. The van der Waals surface area contributed by atoms with Crippen LogP contribution in [0.25, 0.3) is 0 Å². The van der Waals surface area contributed by atoms with Gasteiger partial charge in [-0.1, -0.05) is 6.07 Å². The van der Waals surface area contributed by atoms with Crippen LogP contribution in [-0.4, -0.2) is 18.0 Å². The first-order valence-corrected chi connectivity index (χ1v) is 7.18. The van der Waals surface area contributed by atoms with Gasteiger partial charge in [-0.2, -0.15) is 0 Å². The largest absolute Gasteiger partial charge is 0.349 e. The van der Waals surface area contributed by atoms with Crippen molar-refractivity contribution in [1.82, 2.24) is 5.32 Å². The molecule has 3 nitrogen and oxygen atoms in total. The van der Waals surface area contributed by atoms with Gasteiger partial charge in [0.15, 0.2) is 0 Å². The lowest BCUT2D eigenvalue weighted by molar-refractivity contribution is 0.0925. The third-order valence-electron chi connectivity index (χ3n) is 3.48. The van der Waals surface area contributed by atoms with Crippen molar-refractivity contribution in [1.29, 1.82) is 0 Å². The second kappa shape index (κ2) is 5.85. The fourth-order valence-corrected chi connectivity index (χ4v) is 3.00. The maximum Gasteiger partial charge on any atom is 0.252 e. The van der Waals surface area contributed by atoms with Crippen molar-refractivity contribution in [3.05, 3.63) is 33.8 Å². The van der Waals surface area contributed by atoms with E-state index in [0.29, 0.717) is 11.6 Å². The normalized spacial score (nSPS) is 23.7. The Kier molecular flexibility index (Phi) is 4.40. The van der Waals surface area contributed by atoms with Gasteiger partial charge in [0.05, 0.1) is 5.56 Å². The summed E-state index contributed by atoms with van der Waals surface area (Å²) in [7, 11) is 0. The molecule has 1 saturated carbocycles. The van der Waals surface area contributed by atoms with Gasteiger partial charge in [-0.05, 0) is 66.2 Å². The fourth-order valence-electron chi connectivity index (χ4n) is 2.33. The van der Waals surface area contributed by atoms with Crippen molar-refractivity contribution in [3.63, 3.8) is 0 Å². The minimum absolute atomic E-state index is 0.00217. The zero-order valence-electron chi connectivity index (χ0n) is 10.6. The number of carbonyl (C=O) groups is 1. The number of rotatable bonds is 2. The van der Waals surface area contributed by atoms with E-state index < -0.39 is 0 Å². The van der Waals surface area contributed by atoms with Crippen molar-refractivity contribution in [2.24, 2.45) is 5.73 Å². The van der Waals surface area contributed by atoms with Crippen LogP contribution in [0.2, 0.25) is 0 Å². The van der Waals surface area contributed by atoms with Crippen LogP contribution in [0.15, 0.2) is 22.7 Å². The molecule has 1 aromatic rings. The number of aryl methyl sites for hydroxylation is 1. The van der Waals surface area contributed by atoms with Crippen molar-refractivity contribution in [2.45, 2.75) is 44.7 Å². The molecule has 0 atom stereocenters. The first kappa shape index (κ1) is 13.6. The highest BCUT2D eigenvalue weighted by Gasteiger charge is 2.21. The van der Waals surface area contributed by atoms with Gasteiger partial charge in [-0.25, -0.2) is 0 Å². The van der Waals surface area contributed by atoms with Gasteiger partial charge in [-0.15, -0.1) is 0 Å². The van der Waals surface area contributed by atoms with E-state index in [1.54, 1.807) is 0 Å². The van der Waals surface area contributed by atoms with Crippen molar-refractivity contribution in [2.75, 3.05) is 0 Å². The summed E-state index contributed by atoms with van der Waals surface area (Å²) in [5, 5.41) is 3.09. The number of halogens is 1. The van der Waals surface area contributed by atoms with Gasteiger partial charge in [-0.3, -0.25) is 4.79 Å². The monoisotopic (exact) mass is 310 g/mol. The smallest absolute Gasteiger partial charge is 0.252 e. The van der Waals surface area contributed by atoms with Crippen molar-refractivity contribution >= 4 is 21.8 Å². The lowest BCUT2D eigenvalue weighted by Gasteiger charge is -2.27. The summed E-state index contributed by atoms with van der Waals surface area (Å²) in [6.45, 7) is 2.01. The molecule has 98 valence electrons. The van der Waals surface area contributed by atoms with Gasteiger partial charge in [0.1, 0.15) is 0 Å². The minimum atomic E-state index is 0.00217. The van der Waals surface area contributed by atoms with E-state index in [1.807, 2.05) is 25.1 Å². The van der Waals surface area contributed by atoms with Crippen LogP contribution in [0.5, 0.6) is 0 Å². The third kappa shape index (κ3) is 3.33. The number of nitrogens with one attached hydrogen (secondary N) is 1. The highest BCUT2D eigenvalue weighted by molar-refractivity contribution is 9.10. The molecule has 3 N–H and O–H groups in total. The maximum absolute atomic E-state index is 12.2. The molecule has 1 fully saturated rings. The predicted octanol–water partition coefficient (Wildman–Crippen LogP) is 2.76. The number of carbonyl (C=O) groups excluding carboxylic acids is 1. The van der Waals surface area contributed by atoms with Crippen LogP contribution in [0.1, 0.15) is 41.6 Å². The van der Waals surface area contributed by atoms with E-state index in [-0.39, 0.29) is 11.9 Å². The Morgan fingerprint density at radius 2 is 2.00 bits per heavy atom. The Labute approximate surface area is 116 Å². The van der Waals surface area contributed by atoms with Crippen LogP contribution in [-0.2, 0) is 0 Å². The second-order valence-corrected chi connectivity index (χ2v) is 5.92. The third-order valence-corrected chi connectivity index (χ3v) is 4.13. The topological polar surface area (TPSA) is 55.1 Å². The molecule has 0 unspecified atom stereocenters. The predicted molar refractivity (Wildman–Crippen MR) is 76.6 cm³/mol. The van der Waals surface area contributed by atoms with Crippen molar-refractivity contribution < 1.29 is 4.79 Å². The average molecular weight is 311 g/mol. The minimum Gasteiger partial charge on any atom is -0.349 e. The Hall–Kier alpha value is -0.870. The number of nitrogens with two attached hydrogens (primary N) is 1. The zero-order chi connectivity index (χ0) is 13.1. The van der Waals surface area contributed by atoms with Crippen LogP contribution in [0, 0.1) is 6.92 Å². The SMILES string of the molecule is Cc1ccc(C(=O)NC2CCC(N)CC2)c(Br)c1. The number of hydrogen-bond acceptors (Lipinski definition) is 2. The van der Waals surface area contributed by atoms with E-state index in [4.69, 9.17) is 5.73 Å². The van der Waals surface area contributed by atoms with E-state index in [0.717, 1.165) is 35.7 Å². The Bertz CT molecular complexity index is 439. The first-order valence-electron chi connectivity index (χ1n) is 6.39. The fraction of sp³-hybridized carbons (Fsp3) is 0.500. The van der Waals surface area contributed by atoms with Crippen molar-refractivity contribution in [3.8, 4) is 0 Å². The van der Waals surface area contributed by atoms with Crippen LogP contribution >= 0.6 is 15.9 Å². The van der Waals surface area contributed by atoms with Crippen LogP contribution in [0.3, 0.4) is 0 Å². The van der Waals surface area contributed by atoms with Gasteiger partial charge < -0.3 is 11.1 Å². The van der Waals surface area contributed by atoms with Gasteiger partial charge in [0, 0.05) is 16.6 Å². The number of hydrogen-bond donors (Lipinski definition) is 2. The molecule has 18 heavy (non-hydrogen) atoms.